The minimum absolute atomic E-state index is 0.535. The van der Waals surface area contributed by atoms with Gasteiger partial charge in [0.15, 0.2) is 6.10 Å². The first-order chi connectivity index (χ1) is 10.6. The van der Waals surface area contributed by atoms with Gasteiger partial charge in [-0.2, -0.15) is 5.10 Å². The van der Waals surface area contributed by atoms with Crippen LogP contribution in [0.5, 0.6) is 0 Å². The number of carboxylic acids is 1. The minimum Gasteiger partial charge on any atom is -0.479 e. The quantitative estimate of drug-likeness (QED) is 0.903. The van der Waals surface area contributed by atoms with E-state index in [1.54, 1.807) is 0 Å². The number of fused-ring (bicyclic) bond motifs is 1. The Labute approximate surface area is 137 Å². The lowest BCUT2D eigenvalue weighted by atomic mass is 9.94. The normalized spacial score (nSPS) is 15.4. The molecule has 6 heteroatoms. The van der Waals surface area contributed by atoms with Crippen LogP contribution in [0, 0.1) is 0 Å². The third kappa shape index (κ3) is 2.68. The first-order valence-electron chi connectivity index (χ1n) is 7.24. The summed E-state index contributed by atoms with van der Waals surface area (Å²) in [6.07, 6.45) is 2.91. The van der Waals surface area contributed by atoms with Gasteiger partial charge in [0.05, 0.1) is 5.69 Å². The SMILES string of the molecule is COC(C(=O)O)c1nn(-c2ccc(Br)cc2)c2c1CCCC2. The van der Waals surface area contributed by atoms with Crippen LogP contribution in [0.2, 0.25) is 0 Å². The van der Waals surface area contributed by atoms with Crippen molar-refractivity contribution in [3.05, 3.63) is 45.7 Å². The van der Waals surface area contributed by atoms with Gasteiger partial charge in [-0.1, -0.05) is 15.9 Å². The van der Waals surface area contributed by atoms with Crippen molar-refractivity contribution in [2.45, 2.75) is 31.8 Å². The number of halogens is 1. The monoisotopic (exact) mass is 364 g/mol. The van der Waals surface area contributed by atoms with E-state index in [2.05, 4.69) is 21.0 Å². The number of rotatable bonds is 4. The van der Waals surface area contributed by atoms with Crippen LogP contribution in [-0.2, 0) is 22.4 Å². The molecule has 1 unspecified atom stereocenters. The summed E-state index contributed by atoms with van der Waals surface area (Å²) in [6, 6.07) is 7.85. The van der Waals surface area contributed by atoms with E-state index >= 15 is 0 Å². The van der Waals surface area contributed by atoms with Crippen molar-refractivity contribution in [3.63, 3.8) is 0 Å². The highest BCUT2D eigenvalue weighted by Crippen LogP contribution is 2.31. The molecular weight excluding hydrogens is 348 g/mol. The molecule has 1 aromatic carbocycles. The van der Waals surface area contributed by atoms with Gasteiger partial charge in [0.25, 0.3) is 0 Å². The standard InChI is InChI=1S/C16H17BrN2O3/c1-22-15(16(20)21)14-12-4-2-3-5-13(12)19(18-14)11-8-6-10(17)7-9-11/h6-9,15H,2-5H2,1H3,(H,20,21). The number of aromatic nitrogens is 2. The molecule has 0 bridgehead atoms. The van der Waals surface area contributed by atoms with Gasteiger partial charge in [0.1, 0.15) is 5.69 Å². The third-order valence-corrected chi connectivity index (χ3v) is 4.52. The highest BCUT2D eigenvalue weighted by atomic mass is 79.9. The smallest absolute Gasteiger partial charge is 0.339 e. The van der Waals surface area contributed by atoms with Crippen LogP contribution < -0.4 is 0 Å². The van der Waals surface area contributed by atoms with Gasteiger partial charge in [0, 0.05) is 22.8 Å². The summed E-state index contributed by atoms with van der Waals surface area (Å²) in [4.78, 5) is 11.4. The molecule has 1 aliphatic rings. The van der Waals surface area contributed by atoms with Crippen LogP contribution in [0.25, 0.3) is 5.69 Å². The topological polar surface area (TPSA) is 64.3 Å². The number of ether oxygens (including phenoxy) is 1. The number of carboxylic acid groups (broad SMARTS) is 1. The second-order valence-corrected chi connectivity index (χ2v) is 6.28. The van der Waals surface area contributed by atoms with Crippen LogP contribution in [0.4, 0.5) is 0 Å². The summed E-state index contributed by atoms with van der Waals surface area (Å²) in [5, 5.41) is 13.9. The van der Waals surface area contributed by atoms with Crippen LogP contribution in [0.15, 0.2) is 28.7 Å². The summed E-state index contributed by atoms with van der Waals surface area (Å²) < 4.78 is 8.01. The van der Waals surface area contributed by atoms with E-state index in [4.69, 9.17) is 4.74 Å². The predicted molar refractivity (Wildman–Crippen MR) is 85.3 cm³/mol. The fourth-order valence-electron chi connectivity index (χ4n) is 2.96. The van der Waals surface area contributed by atoms with Gasteiger partial charge in [-0.15, -0.1) is 0 Å². The lowest BCUT2D eigenvalue weighted by Gasteiger charge is -2.15. The molecule has 0 saturated heterocycles. The van der Waals surface area contributed by atoms with Crippen molar-refractivity contribution < 1.29 is 14.6 Å². The van der Waals surface area contributed by atoms with Crippen molar-refractivity contribution in [1.82, 2.24) is 9.78 Å². The molecular formula is C16H17BrN2O3. The van der Waals surface area contributed by atoms with E-state index in [9.17, 15) is 9.90 Å². The van der Waals surface area contributed by atoms with E-state index < -0.39 is 12.1 Å². The van der Waals surface area contributed by atoms with Gasteiger partial charge >= 0.3 is 5.97 Å². The molecule has 0 radical (unpaired) electrons. The molecule has 0 amide bonds. The van der Waals surface area contributed by atoms with Crippen molar-refractivity contribution in [1.29, 1.82) is 0 Å². The molecule has 3 rings (SSSR count). The Balaban J connectivity index is 2.13. The largest absolute Gasteiger partial charge is 0.479 e. The molecule has 1 aromatic heterocycles. The molecule has 0 fully saturated rings. The van der Waals surface area contributed by atoms with Gasteiger partial charge in [-0.25, -0.2) is 9.48 Å². The maximum atomic E-state index is 11.4. The Morgan fingerprint density at radius 3 is 2.64 bits per heavy atom. The Kier molecular flexibility index (Phi) is 4.31. The zero-order valence-corrected chi connectivity index (χ0v) is 13.8. The number of hydrogen-bond acceptors (Lipinski definition) is 3. The highest BCUT2D eigenvalue weighted by Gasteiger charge is 2.30. The summed E-state index contributed by atoms with van der Waals surface area (Å²) in [5.41, 5.74) is 3.61. The zero-order chi connectivity index (χ0) is 15.7. The Morgan fingerprint density at radius 1 is 1.32 bits per heavy atom. The molecule has 1 heterocycles. The third-order valence-electron chi connectivity index (χ3n) is 3.99. The molecule has 0 aliphatic heterocycles. The molecule has 1 atom stereocenters. The molecule has 22 heavy (non-hydrogen) atoms. The van der Waals surface area contributed by atoms with Gasteiger partial charge in [-0.3, -0.25) is 0 Å². The maximum absolute atomic E-state index is 11.4. The van der Waals surface area contributed by atoms with Crippen molar-refractivity contribution >= 4 is 21.9 Å². The second-order valence-electron chi connectivity index (χ2n) is 5.36. The predicted octanol–water partition coefficient (Wildman–Crippen LogP) is 3.29. The molecule has 5 nitrogen and oxygen atoms in total. The zero-order valence-electron chi connectivity index (χ0n) is 12.3. The number of hydrogen-bond donors (Lipinski definition) is 1. The van der Waals surface area contributed by atoms with E-state index in [0.29, 0.717) is 5.69 Å². The highest BCUT2D eigenvalue weighted by molar-refractivity contribution is 9.10. The van der Waals surface area contributed by atoms with Gasteiger partial charge in [0.2, 0.25) is 0 Å². The van der Waals surface area contributed by atoms with Crippen LogP contribution >= 0.6 is 15.9 Å². The van der Waals surface area contributed by atoms with Crippen LogP contribution in [0.1, 0.15) is 35.9 Å². The van der Waals surface area contributed by atoms with Gasteiger partial charge in [-0.05, 0) is 49.9 Å². The van der Waals surface area contributed by atoms with Crippen LogP contribution in [0.3, 0.4) is 0 Å². The number of carbonyl (C=O) groups is 1. The summed E-state index contributed by atoms with van der Waals surface area (Å²) >= 11 is 3.42. The fraction of sp³-hybridized carbons (Fsp3) is 0.375. The number of benzene rings is 1. The summed E-state index contributed by atoms with van der Waals surface area (Å²) in [7, 11) is 1.41. The molecule has 2 aromatic rings. The molecule has 0 spiro atoms. The molecule has 1 aliphatic carbocycles. The van der Waals surface area contributed by atoms with E-state index in [-0.39, 0.29) is 0 Å². The number of aliphatic carboxylic acids is 1. The first-order valence-corrected chi connectivity index (χ1v) is 8.03. The van der Waals surface area contributed by atoms with Crippen LogP contribution in [-0.4, -0.2) is 28.0 Å². The number of nitrogens with zero attached hydrogens (tertiary/aromatic N) is 2. The lowest BCUT2D eigenvalue weighted by Crippen LogP contribution is -2.16. The lowest BCUT2D eigenvalue weighted by molar-refractivity contribution is -0.149. The molecule has 1 N–H and O–H groups in total. The second kappa shape index (κ2) is 6.22. The van der Waals surface area contributed by atoms with E-state index in [1.807, 2.05) is 28.9 Å². The average molecular weight is 365 g/mol. The number of methoxy groups -OCH3 is 1. The molecule has 116 valence electrons. The summed E-state index contributed by atoms with van der Waals surface area (Å²) in [6.45, 7) is 0. The van der Waals surface area contributed by atoms with E-state index in [0.717, 1.165) is 47.1 Å². The van der Waals surface area contributed by atoms with Crippen molar-refractivity contribution in [2.75, 3.05) is 7.11 Å². The first kappa shape index (κ1) is 15.2. The van der Waals surface area contributed by atoms with Crippen molar-refractivity contribution in [2.24, 2.45) is 0 Å². The average Bonchev–Trinajstić information content (AvgIpc) is 2.88. The maximum Gasteiger partial charge on any atom is 0.339 e. The van der Waals surface area contributed by atoms with Gasteiger partial charge < -0.3 is 9.84 Å². The van der Waals surface area contributed by atoms with E-state index in [1.165, 1.54) is 7.11 Å². The molecule has 0 saturated carbocycles. The summed E-state index contributed by atoms with van der Waals surface area (Å²) in [5.74, 6) is -1.00. The minimum atomic E-state index is -1.01. The van der Waals surface area contributed by atoms with Crippen molar-refractivity contribution in [3.8, 4) is 5.69 Å². The Bertz CT molecular complexity index is 694. The Morgan fingerprint density at radius 2 is 2.00 bits per heavy atom. The Hall–Kier alpha value is -1.66. The fourth-order valence-corrected chi connectivity index (χ4v) is 3.23.